The Balaban J connectivity index is 1.77. The summed E-state index contributed by atoms with van der Waals surface area (Å²) in [4.78, 5) is 28.9. The zero-order valence-electron chi connectivity index (χ0n) is 10.6. The molecule has 3 rings (SSSR count). The maximum Gasteiger partial charge on any atom is 0.246 e. The van der Waals surface area contributed by atoms with Crippen LogP contribution < -0.4 is 15.5 Å². The SMILES string of the molecule is O=C1CN(c2ncccc2CNC2CC2)CC(=O)N1. The van der Waals surface area contributed by atoms with Crippen molar-refractivity contribution in [2.24, 2.45) is 0 Å². The number of amides is 2. The third-order valence-corrected chi connectivity index (χ3v) is 3.27. The van der Waals surface area contributed by atoms with Crippen LogP contribution >= 0.6 is 0 Å². The number of piperazine rings is 1. The summed E-state index contributed by atoms with van der Waals surface area (Å²) in [5, 5.41) is 5.72. The maximum atomic E-state index is 11.4. The van der Waals surface area contributed by atoms with Crippen molar-refractivity contribution in [3.8, 4) is 0 Å². The Morgan fingerprint density at radius 1 is 1.32 bits per heavy atom. The van der Waals surface area contributed by atoms with E-state index < -0.39 is 0 Å². The topological polar surface area (TPSA) is 74.3 Å². The summed E-state index contributed by atoms with van der Waals surface area (Å²) in [6.07, 6.45) is 4.13. The summed E-state index contributed by atoms with van der Waals surface area (Å²) in [5.41, 5.74) is 1.02. The quantitative estimate of drug-likeness (QED) is 0.733. The molecule has 1 aromatic rings. The lowest BCUT2D eigenvalue weighted by atomic mass is 10.2. The van der Waals surface area contributed by atoms with Crippen LogP contribution in [0.5, 0.6) is 0 Å². The van der Waals surface area contributed by atoms with Crippen LogP contribution in [0.3, 0.4) is 0 Å². The first-order valence-electron chi connectivity index (χ1n) is 6.47. The number of hydrogen-bond donors (Lipinski definition) is 2. The fraction of sp³-hybridized carbons (Fsp3) is 0.462. The second-order valence-corrected chi connectivity index (χ2v) is 4.97. The Morgan fingerprint density at radius 3 is 2.74 bits per heavy atom. The lowest BCUT2D eigenvalue weighted by Crippen LogP contribution is -2.52. The zero-order chi connectivity index (χ0) is 13.2. The Morgan fingerprint density at radius 2 is 2.05 bits per heavy atom. The molecule has 0 radical (unpaired) electrons. The highest BCUT2D eigenvalue weighted by atomic mass is 16.2. The van der Waals surface area contributed by atoms with Gasteiger partial charge in [-0.25, -0.2) is 4.98 Å². The zero-order valence-corrected chi connectivity index (χ0v) is 10.6. The van der Waals surface area contributed by atoms with E-state index in [0.29, 0.717) is 6.04 Å². The highest BCUT2D eigenvalue weighted by molar-refractivity contribution is 6.02. The minimum Gasteiger partial charge on any atom is -0.338 e. The number of carbonyl (C=O) groups is 2. The van der Waals surface area contributed by atoms with Gasteiger partial charge in [-0.3, -0.25) is 14.9 Å². The number of hydrogen-bond acceptors (Lipinski definition) is 5. The average Bonchev–Trinajstić information content (AvgIpc) is 3.19. The number of anilines is 1. The molecule has 0 atom stereocenters. The number of pyridine rings is 1. The molecule has 0 aromatic carbocycles. The third kappa shape index (κ3) is 2.90. The monoisotopic (exact) mass is 260 g/mol. The van der Waals surface area contributed by atoms with E-state index in [1.807, 2.05) is 12.1 Å². The first kappa shape index (κ1) is 12.1. The van der Waals surface area contributed by atoms with Crippen molar-refractivity contribution >= 4 is 17.6 Å². The molecule has 2 aliphatic rings. The van der Waals surface area contributed by atoms with E-state index in [2.05, 4.69) is 15.6 Å². The molecule has 6 nitrogen and oxygen atoms in total. The molecule has 1 aliphatic heterocycles. The summed E-state index contributed by atoms with van der Waals surface area (Å²) in [5.74, 6) is 0.171. The molecule has 0 bridgehead atoms. The molecular formula is C13H16N4O2. The second kappa shape index (κ2) is 4.97. The van der Waals surface area contributed by atoms with E-state index in [-0.39, 0.29) is 24.9 Å². The number of imide groups is 1. The van der Waals surface area contributed by atoms with Crippen molar-refractivity contribution in [2.75, 3.05) is 18.0 Å². The highest BCUT2D eigenvalue weighted by Crippen LogP contribution is 2.22. The summed E-state index contributed by atoms with van der Waals surface area (Å²) in [6.45, 7) is 1.08. The maximum absolute atomic E-state index is 11.4. The largest absolute Gasteiger partial charge is 0.338 e. The number of aromatic nitrogens is 1. The minimum absolute atomic E-state index is 0.180. The first-order chi connectivity index (χ1) is 9.22. The predicted octanol–water partition coefficient (Wildman–Crippen LogP) is -0.204. The minimum atomic E-state index is -0.275. The van der Waals surface area contributed by atoms with E-state index in [1.54, 1.807) is 11.1 Å². The molecular weight excluding hydrogens is 244 g/mol. The molecule has 2 amide bonds. The van der Waals surface area contributed by atoms with Crippen LogP contribution in [0.2, 0.25) is 0 Å². The van der Waals surface area contributed by atoms with Gasteiger partial charge in [0, 0.05) is 24.3 Å². The van der Waals surface area contributed by atoms with Crippen LogP contribution in [0.25, 0.3) is 0 Å². The summed E-state index contributed by atoms with van der Waals surface area (Å²) in [6, 6.07) is 4.47. The molecule has 19 heavy (non-hydrogen) atoms. The van der Waals surface area contributed by atoms with Crippen molar-refractivity contribution in [1.82, 2.24) is 15.6 Å². The molecule has 1 aromatic heterocycles. The molecule has 0 spiro atoms. The van der Waals surface area contributed by atoms with Gasteiger partial charge in [0.2, 0.25) is 11.8 Å². The number of carbonyl (C=O) groups excluding carboxylic acids is 2. The van der Waals surface area contributed by atoms with Gasteiger partial charge in [0.25, 0.3) is 0 Å². The molecule has 2 heterocycles. The van der Waals surface area contributed by atoms with E-state index in [4.69, 9.17) is 0 Å². The normalized spacial score (nSPS) is 19.5. The van der Waals surface area contributed by atoms with Crippen molar-refractivity contribution < 1.29 is 9.59 Å². The Labute approximate surface area is 111 Å². The summed E-state index contributed by atoms with van der Waals surface area (Å²) >= 11 is 0. The Hall–Kier alpha value is -1.95. The predicted molar refractivity (Wildman–Crippen MR) is 69.5 cm³/mol. The lowest BCUT2D eigenvalue weighted by molar-refractivity contribution is -0.130. The van der Waals surface area contributed by atoms with E-state index in [0.717, 1.165) is 17.9 Å². The van der Waals surface area contributed by atoms with Crippen molar-refractivity contribution in [2.45, 2.75) is 25.4 Å². The van der Waals surface area contributed by atoms with Crippen molar-refractivity contribution in [1.29, 1.82) is 0 Å². The van der Waals surface area contributed by atoms with Gasteiger partial charge in [-0.2, -0.15) is 0 Å². The molecule has 1 saturated heterocycles. The standard InChI is InChI=1S/C13H16N4O2/c18-11-7-17(8-12(19)16-11)13-9(2-1-5-14-13)6-15-10-3-4-10/h1-2,5,10,15H,3-4,6-8H2,(H,16,18,19). The molecule has 1 aliphatic carbocycles. The molecule has 1 saturated carbocycles. The number of rotatable bonds is 4. The van der Waals surface area contributed by atoms with Crippen LogP contribution in [0, 0.1) is 0 Å². The van der Waals surface area contributed by atoms with Gasteiger partial charge >= 0.3 is 0 Å². The van der Waals surface area contributed by atoms with Gasteiger partial charge in [-0.15, -0.1) is 0 Å². The van der Waals surface area contributed by atoms with E-state index in [1.165, 1.54) is 12.8 Å². The van der Waals surface area contributed by atoms with Crippen LogP contribution in [-0.2, 0) is 16.1 Å². The highest BCUT2D eigenvalue weighted by Gasteiger charge is 2.26. The molecule has 2 fully saturated rings. The Kier molecular flexibility index (Phi) is 3.16. The smallest absolute Gasteiger partial charge is 0.246 e. The van der Waals surface area contributed by atoms with Gasteiger partial charge in [0.05, 0.1) is 13.1 Å². The first-order valence-corrected chi connectivity index (χ1v) is 6.47. The van der Waals surface area contributed by atoms with Crippen LogP contribution in [-0.4, -0.2) is 35.9 Å². The second-order valence-electron chi connectivity index (χ2n) is 4.97. The van der Waals surface area contributed by atoms with Gasteiger partial charge in [-0.05, 0) is 18.9 Å². The van der Waals surface area contributed by atoms with Crippen LogP contribution in [0.1, 0.15) is 18.4 Å². The summed E-state index contributed by atoms with van der Waals surface area (Å²) < 4.78 is 0. The van der Waals surface area contributed by atoms with Gasteiger partial charge in [0.15, 0.2) is 0 Å². The molecule has 6 heteroatoms. The van der Waals surface area contributed by atoms with Gasteiger partial charge in [0.1, 0.15) is 5.82 Å². The lowest BCUT2D eigenvalue weighted by Gasteiger charge is -2.28. The Bertz CT molecular complexity index is 497. The van der Waals surface area contributed by atoms with Crippen LogP contribution in [0.4, 0.5) is 5.82 Å². The molecule has 2 N–H and O–H groups in total. The van der Waals surface area contributed by atoms with E-state index >= 15 is 0 Å². The molecule has 100 valence electrons. The molecule has 0 unspecified atom stereocenters. The fourth-order valence-corrected chi connectivity index (χ4v) is 2.18. The van der Waals surface area contributed by atoms with Crippen molar-refractivity contribution in [3.05, 3.63) is 23.9 Å². The van der Waals surface area contributed by atoms with E-state index in [9.17, 15) is 9.59 Å². The number of nitrogens with zero attached hydrogens (tertiary/aromatic N) is 2. The van der Waals surface area contributed by atoms with Crippen LogP contribution in [0.15, 0.2) is 18.3 Å². The fourth-order valence-electron chi connectivity index (χ4n) is 2.18. The number of nitrogens with one attached hydrogen (secondary N) is 2. The third-order valence-electron chi connectivity index (χ3n) is 3.27. The van der Waals surface area contributed by atoms with Gasteiger partial charge in [-0.1, -0.05) is 6.07 Å². The van der Waals surface area contributed by atoms with Crippen molar-refractivity contribution in [3.63, 3.8) is 0 Å². The summed E-state index contributed by atoms with van der Waals surface area (Å²) in [7, 11) is 0. The van der Waals surface area contributed by atoms with Gasteiger partial charge < -0.3 is 10.2 Å². The average molecular weight is 260 g/mol.